The molecule has 4 aromatic rings. The summed E-state index contributed by atoms with van der Waals surface area (Å²) >= 11 is 6.24. The van der Waals surface area contributed by atoms with Gasteiger partial charge in [-0.2, -0.15) is 0 Å². The third-order valence-corrected chi connectivity index (χ3v) is 6.70. The Hall–Kier alpha value is -3.89. The Morgan fingerprint density at radius 1 is 0.727 bits per heavy atom. The topological polar surface area (TPSA) is 49.4 Å². The first kappa shape index (κ1) is 19.8. The summed E-state index contributed by atoms with van der Waals surface area (Å²) in [6.07, 6.45) is 0. The summed E-state index contributed by atoms with van der Waals surface area (Å²) < 4.78 is 0. The Bertz CT molecular complexity index is 1430. The van der Waals surface area contributed by atoms with E-state index in [2.05, 4.69) is 5.32 Å². The molecule has 0 bridgehead atoms. The lowest BCUT2D eigenvalue weighted by molar-refractivity contribution is 0.0405. The largest absolute Gasteiger partial charge is 0.352 e. The van der Waals surface area contributed by atoms with Crippen LogP contribution in [0.5, 0.6) is 0 Å². The van der Waals surface area contributed by atoms with Crippen LogP contribution >= 0.6 is 11.6 Å². The van der Waals surface area contributed by atoms with Gasteiger partial charge in [0.2, 0.25) is 11.4 Å². The lowest BCUT2D eigenvalue weighted by Crippen LogP contribution is -2.62. The highest BCUT2D eigenvalue weighted by molar-refractivity contribution is 6.31. The predicted molar refractivity (Wildman–Crippen MR) is 129 cm³/mol. The molecule has 0 saturated carbocycles. The molecule has 1 N–H and O–H groups in total. The van der Waals surface area contributed by atoms with Gasteiger partial charge in [0, 0.05) is 28.4 Å². The number of fused-ring (bicyclic) bond motifs is 5. The molecule has 4 nitrogen and oxygen atoms in total. The van der Waals surface area contributed by atoms with Gasteiger partial charge in [-0.1, -0.05) is 90.5 Å². The van der Waals surface area contributed by atoms with Crippen LogP contribution in [0.25, 0.3) is 11.1 Å². The van der Waals surface area contributed by atoms with Gasteiger partial charge in [0.1, 0.15) is 0 Å². The van der Waals surface area contributed by atoms with E-state index in [0.29, 0.717) is 21.8 Å². The monoisotopic (exact) mass is 450 g/mol. The number of nitrogens with one attached hydrogen (secondary N) is 1. The molecule has 5 heteroatoms. The number of carbonyl (C=O) groups is 2. The van der Waals surface area contributed by atoms with Crippen LogP contribution < -0.4 is 5.32 Å². The summed E-state index contributed by atoms with van der Waals surface area (Å²) in [5.41, 5.74) is 3.76. The second-order valence-electron chi connectivity index (χ2n) is 8.32. The zero-order valence-electron chi connectivity index (χ0n) is 17.6. The Morgan fingerprint density at radius 3 is 2.18 bits per heavy atom. The van der Waals surface area contributed by atoms with E-state index in [9.17, 15) is 9.59 Å². The van der Waals surface area contributed by atoms with Crippen molar-refractivity contribution in [1.29, 1.82) is 0 Å². The van der Waals surface area contributed by atoms with Crippen LogP contribution in [0.3, 0.4) is 0 Å². The second-order valence-corrected chi connectivity index (χ2v) is 8.76. The van der Waals surface area contributed by atoms with Gasteiger partial charge >= 0.3 is 0 Å². The van der Waals surface area contributed by atoms with Crippen LogP contribution in [0.2, 0.25) is 5.02 Å². The smallest absolute Gasteiger partial charge is 0.258 e. The van der Waals surface area contributed by atoms with E-state index in [1.165, 1.54) is 0 Å². The van der Waals surface area contributed by atoms with Gasteiger partial charge in [0.05, 0.1) is 5.56 Å². The first-order chi connectivity index (χ1) is 16.1. The van der Waals surface area contributed by atoms with Gasteiger partial charge < -0.3 is 10.2 Å². The molecular weight excluding hydrogens is 432 g/mol. The Balaban J connectivity index is 1.65. The summed E-state index contributed by atoms with van der Waals surface area (Å²) in [6.45, 7) is 0.265. The highest BCUT2D eigenvalue weighted by Crippen LogP contribution is 2.49. The van der Waals surface area contributed by atoms with Crippen LogP contribution in [-0.2, 0) is 12.2 Å². The van der Waals surface area contributed by atoms with Crippen molar-refractivity contribution >= 4 is 29.0 Å². The molecule has 33 heavy (non-hydrogen) atoms. The van der Waals surface area contributed by atoms with Gasteiger partial charge in [-0.25, -0.2) is 0 Å². The maximum atomic E-state index is 14.3. The summed E-state index contributed by atoms with van der Waals surface area (Å²) in [6, 6.07) is 30.3. The molecule has 1 aliphatic carbocycles. The van der Waals surface area contributed by atoms with Crippen molar-refractivity contribution in [1.82, 2.24) is 4.90 Å². The number of anilines is 1. The van der Waals surface area contributed by atoms with E-state index in [4.69, 9.17) is 11.6 Å². The molecule has 6 rings (SSSR count). The predicted octanol–water partition coefficient (Wildman–Crippen LogP) is 6.12. The normalized spacial score (nSPS) is 18.4. The molecule has 1 amide bonds. The van der Waals surface area contributed by atoms with Crippen LogP contribution in [0.4, 0.5) is 5.69 Å². The first-order valence-electron chi connectivity index (χ1n) is 10.8. The van der Waals surface area contributed by atoms with Crippen LogP contribution in [-0.4, -0.2) is 16.6 Å². The maximum absolute atomic E-state index is 14.3. The number of hydrogen-bond acceptors (Lipinski definition) is 3. The fourth-order valence-corrected chi connectivity index (χ4v) is 5.15. The van der Waals surface area contributed by atoms with Gasteiger partial charge in [-0.15, -0.1) is 0 Å². The minimum atomic E-state index is -1.38. The molecule has 0 fully saturated rings. The van der Waals surface area contributed by atoms with Gasteiger partial charge in [-0.3, -0.25) is 9.59 Å². The molecule has 1 aliphatic heterocycles. The lowest BCUT2D eigenvalue weighted by Gasteiger charge is -2.50. The first-order valence-corrected chi connectivity index (χ1v) is 11.1. The summed E-state index contributed by atoms with van der Waals surface area (Å²) in [7, 11) is 0. The third-order valence-electron chi connectivity index (χ3n) is 6.47. The zero-order chi connectivity index (χ0) is 22.6. The fourth-order valence-electron chi connectivity index (χ4n) is 4.98. The Kier molecular flexibility index (Phi) is 4.39. The third kappa shape index (κ3) is 2.84. The minimum absolute atomic E-state index is 0.151. The quantitative estimate of drug-likeness (QED) is 0.400. The number of rotatable bonds is 2. The standard InChI is InChI=1S/C28H19ClN2O2/c29-19-14-15-25-23(16-19)27(33)31(17-18-8-2-1-3-9-18)28(30-25)24-13-7-6-11-21(24)20-10-4-5-12-22(20)26(28)32/h1-16,30H,17H2. The van der Waals surface area contributed by atoms with E-state index in [1.54, 1.807) is 23.1 Å². The fraction of sp³-hybridized carbons (Fsp3) is 0.0714. The summed E-state index contributed by atoms with van der Waals surface area (Å²) in [5, 5.41) is 3.96. The lowest BCUT2D eigenvalue weighted by atomic mass is 9.75. The zero-order valence-corrected chi connectivity index (χ0v) is 18.3. The van der Waals surface area contributed by atoms with Crippen molar-refractivity contribution in [3.05, 3.63) is 124 Å². The minimum Gasteiger partial charge on any atom is -0.352 e. The van der Waals surface area contributed by atoms with Crippen LogP contribution in [0, 0.1) is 0 Å². The number of halogens is 1. The van der Waals surface area contributed by atoms with Crippen LogP contribution in [0.1, 0.15) is 31.8 Å². The van der Waals surface area contributed by atoms with Gasteiger partial charge in [0.25, 0.3) is 5.91 Å². The number of carbonyl (C=O) groups excluding carboxylic acids is 2. The van der Waals surface area contributed by atoms with E-state index in [-0.39, 0.29) is 18.2 Å². The highest BCUT2D eigenvalue weighted by atomic mass is 35.5. The number of benzene rings is 4. The molecule has 2 aliphatic rings. The van der Waals surface area contributed by atoms with Crippen molar-refractivity contribution in [2.24, 2.45) is 0 Å². The van der Waals surface area contributed by atoms with E-state index >= 15 is 0 Å². The molecule has 1 spiro atoms. The number of amides is 1. The number of Topliss-reactive ketones (excluding diaryl/α,β-unsaturated/α-hetero) is 1. The Morgan fingerprint density at radius 2 is 1.39 bits per heavy atom. The van der Waals surface area contributed by atoms with Crippen molar-refractivity contribution in [3.8, 4) is 11.1 Å². The van der Waals surface area contributed by atoms with Crippen molar-refractivity contribution in [3.63, 3.8) is 0 Å². The molecule has 0 aromatic heterocycles. The SMILES string of the molecule is O=C1c2cc(Cl)ccc2NC2(C(=O)c3ccccc3-c3ccccc32)N1Cc1ccccc1. The van der Waals surface area contributed by atoms with Crippen LogP contribution in [0.15, 0.2) is 97.1 Å². The van der Waals surface area contributed by atoms with Gasteiger partial charge in [-0.05, 0) is 34.9 Å². The molecule has 0 saturated heterocycles. The summed E-state index contributed by atoms with van der Waals surface area (Å²) in [5.74, 6) is -0.390. The van der Waals surface area contributed by atoms with E-state index < -0.39 is 5.66 Å². The number of ketones is 1. The maximum Gasteiger partial charge on any atom is 0.258 e. The van der Waals surface area contributed by atoms with E-state index in [1.807, 2.05) is 78.9 Å². The van der Waals surface area contributed by atoms with Crippen molar-refractivity contribution in [2.45, 2.75) is 12.2 Å². The summed E-state index contributed by atoms with van der Waals surface area (Å²) in [4.78, 5) is 29.9. The van der Waals surface area contributed by atoms with Crippen molar-refractivity contribution in [2.75, 3.05) is 5.32 Å². The molecule has 1 heterocycles. The highest BCUT2D eigenvalue weighted by Gasteiger charge is 2.55. The Labute approximate surface area is 196 Å². The molecule has 0 radical (unpaired) electrons. The molecule has 1 unspecified atom stereocenters. The van der Waals surface area contributed by atoms with Gasteiger partial charge in [0.15, 0.2) is 0 Å². The molecule has 160 valence electrons. The average molecular weight is 451 g/mol. The molecule has 1 atom stereocenters. The van der Waals surface area contributed by atoms with Crippen molar-refractivity contribution < 1.29 is 9.59 Å². The molecular formula is C28H19ClN2O2. The number of nitrogens with zero attached hydrogens (tertiary/aromatic N) is 1. The molecule has 4 aromatic carbocycles. The number of hydrogen-bond donors (Lipinski definition) is 1. The van der Waals surface area contributed by atoms with E-state index in [0.717, 1.165) is 22.3 Å². The second kappa shape index (κ2) is 7.32. The average Bonchev–Trinajstić information content (AvgIpc) is 2.86.